The van der Waals surface area contributed by atoms with Crippen LogP contribution in [0.4, 0.5) is 21.8 Å². The Hall–Kier alpha value is -2.21. The van der Waals surface area contributed by atoms with Crippen LogP contribution in [0.3, 0.4) is 0 Å². The highest BCUT2D eigenvalue weighted by molar-refractivity contribution is 5.57. The van der Waals surface area contributed by atoms with Crippen molar-refractivity contribution in [3.05, 3.63) is 41.8 Å². The molecule has 5 nitrogen and oxygen atoms in total. The molecule has 100 valence electrons. The number of aryl methyl sites for hydroxylation is 1. The van der Waals surface area contributed by atoms with Gasteiger partial charge in [-0.25, -0.2) is 15.2 Å². The van der Waals surface area contributed by atoms with Gasteiger partial charge in [0.1, 0.15) is 0 Å². The molecule has 0 fully saturated rings. The van der Waals surface area contributed by atoms with Gasteiger partial charge >= 0.3 is 0 Å². The molecule has 4 N–H and O–H groups in total. The smallest absolute Gasteiger partial charge is 0.239 e. The van der Waals surface area contributed by atoms with Gasteiger partial charge in [0, 0.05) is 5.69 Å². The maximum atomic E-state index is 13.5. The van der Waals surface area contributed by atoms with Crippen molar-refractivity contribution in [3.8, 4) is 0 Å². The van der Waals surface area contributed by atoms with E-state index in [4.69, 9.17) is 5.84 Å². The molecule has 0 saturated carbocycles. The lowest BCUT2D eigenvalue weighted by molar-refractivity contribution is 0.619. The zero-order valence-corrected chi connectivity index (χ0v) is 10.7. The Kier molecular flexibility index (Phi) is 4.25. The van der Waals surface area contributed by atoms with Crippen molar-refractivity contribution < 1.29 is 4.39 Å². The van der Waals surface area contributed by atoms with E-state index in [1.165, 1.54) is 5.56 Å². The second kappa shape index (κ2) is 6.10. The van der Waals surface area contributed by atoms with Gasteiger partial charge in [0.05, 0.1) is 6.20 Å². The van der Waals surface area contributed by atoms with Crippen molar-refractivity contribution >= 4 is 17.5 Å². The van der Waals surface area contributed by atoms with Crippen molar-refractivity contribution in [3.63, 3.8) is 0 Å². The molecule has 0 aliphatic heterocycles. The number of hydrogen-bond donors (Lipinski definition) is 3. The molecular formula is C13H16FN5. The maximum Gasteiger partial charge on any atom is 0.239 e. The van der Waals surface area contributed by atoms with Crippen molar-refractivity contribution in [1.29, 1.82) is 0 Å². The van der Waals surface area contributed by atoms with Crippen molar-refractivity contribution in [2.24, 2.45) is 5.84 Å². The van der Waals surface area contributed by atoms with E-state index >= 15 is 0 Å². The Labute approximate surface area is 111 Å². The molecule has 0 aliphatic carbocycles. The Morgan fingerprint density at radius 1 is 1.26 bits per heavy atom. The number of anilines is 3. The van der Waals surface area contributed by atoms with Crippen LogP contribution in [0.1, 0.15) is 18.9 Å². The number of nitrogen functional groups attached to an aromatic ring is 1. The van der Waals surface area contributed by atoms with Crippen molar-refractivity contribution in [2.75, 3.05) is 10.7 Å². The van der Waals surface area contributed by atoms with Crippen LogP contribution in [0.5, 0.6) is 0 Å². The summed E-state index contributed by atoms with van der Waals surface area (Å²) >= 11 is 0. The van der Waals surface area contributed by atoms with E-state index in [-0.39, 0.29) is 11.8 Å². The molecular weight excluding hydrogens is 245 g/mol. The quantitative estimate of drug-likeness (QED) is 0.569. The lowest BCUT2D eigenvalue weighted by Gasteiger charge is -2.08. The van der Waals surface area contributed by atoms with Gasteiger partial charge in [0.2, 0.25) is 5.95 Å². The molecule has 1 aromatic carbocycles. The molecule has 0 radical (unpaired) electrons. The Balaban J connectivity index is 2.16. The van der Waals surface area contributed by atoms with Crippen LogP contribution in [0, 0.1) is 5.82 Å². The molecule has 0 atom stereocenters. The predicted octanol–water partition coefficient (Wildman–Crippen LogP) is 2.60. The third-order valence-corrected chi connectivity index (χ3v) is 2.63. The minimum absolute atomic E-state index is 0.0891. The van der Waals surface area contributed by atoms with Crippen LogP contribution in [-0.4, -0.2) is 9.97 Å². The minimum atomic E-state index is -0.531. The Bertz CT molecular complexity index is 541. The summed E-state index contributed by atoms with van der Waals surface area (Å²) in [5.74, 6) is 4.91. The number of benzene rings is 1. The molecule has 1 heterocycles. The van der Waals surface area contributed by atoms with E-state index in [9.17, 15) is 4.39 Å². The molecule has 2 aromatic rings. The van der Waals surface area contributed by atoms with Gasteiger partial charge in [0.25, 0.3) is 0 Å². The minimum Gasteiger partial charge on any atom is -0.338 e. The monoisotopic (exact) mass is 261 g/mol. The fourth-order valence-electron chi connectivity index (χ4n) is 1.70. The zero-order chi connectivity index (χ0) is 13.7. The molecule has 0 unspecified atom stereocenters. The SMILES string of the molecule is CCCc1ccc(Nc2nc(NN)ncc2F)cc1. The molecule has 0 amide bonds. The van der Waals surface area contributed by atoms with Crippen LogP contribution in [0.25, 0.3) is 0 Å². The highest BCUT2D eigenvalue weighted by Crippen LogP contribution is 2.19. The number of hydrazine groups is 1. The molecule has 0 spiro atoms. The van der Waals surface area contributed by atoms with Gasteiger partial charge in [-0.1, -0.05) is 25.5 Å². The molecule has 1 aromatic heterocycles. The van der Waals surface area contributed by atoms with Gasteiger partial charge in [-0.15, -0.1) is 0 Å². The number of halogens is 1. The second-order valence-electron chi connectivity index (χ2n) is 4.11. The van der Waals surface area contributed by atoms with Crippen LogP contribution in [-0.2, 0) is 6.42 Å². The Morgan fingerprint density at radius 2 is 2.00 bits per heavy atom. The van der Waals surface area contributed by atoms with Crippen LogP contribution >= 0.6 is 0 Å². The fraction of sp³-hybridized carbons (Fsp3) is 0.231. The first-order chi connectivity index (χ1) is 9.22. The molecule has 2 rings (SSSR count). The molecule has 6 heteroatoms. The summed E-state index contributed by atoms with van der Waals surface area (Å²) in [5.41, 5.74) is 4.29. The maximum absolute atomic E-state index is 13.5. The van der Waals surface area contributed by atoms with Crippen LogP contribution in [0.2, 0.25) is 0 Å². The highest BCUT2D eigenvalue weighted by Gasteiger charge is 2.06. The summed E-state index contributed by atoms with van der Waals surface area (Å²) < 4.78 is 13.5. The van der Waals surface area contributed by atoms with Crippen LogP contribution < -0.4 is 16.6 Å². The summed E-state index contributed by atoms with van der Waals surface area (Å²) in [7, 11) is 0. The third kappa shape index (κ3) is 3.38. The number of rotatable bonds is 5. The molecule has 0 bridgehead atoms. The van der Waals surface area contributed by atoms with Gasteiger partial charge in [0.15, 0.2) is 11.6 Å². The van der Waals surface area contributed by atoms with Gasteiger partial charge in [-0.2, -0.15) is 4.98 Å². The average molecular weight is 261 g/mol. The van der Waals surface area contributed by atoms with Gasteiger partial charge in [-0.3, -0.25) is 5.43 Å². The van der Waals surface area contributed by atoms with Gasteiger partial charge < -0.3 is 5.32 Å². The Morgan fingerprint density at radius 3 is 2.63 bits per heavy atom. The molecule has 0 saturated heterocycles. The third-order valence-electron chi connectivity index (χ3n) is 2.63. The molecule has 19 heavy (non-hydrogen) atoms. The number of aromatic nitrogens is 2. The first-order valence-electron chi connectivity index (χ1n) is 6.08. The number of hydrogen-bond acceptors (Lipinski definition) is 5. The van der Waals surface area contributed by atoms with E-state index in [0.717, 1.165) is 24.7 Å². The number of nitrogens with one attached hydrogen (secondary N) is 2. The predicted molar refractivity (Wildman–Crippen MR) is 73.5 cm³/mol. The lowest BCUT2D eigenvalue weighted by Crippen LogP contribution is -2.11. The van der Waals surface area contributed by atoms with Crippen LogP contribution in [0.15, 0.2) is 30.5 Å². The summed E-state index contributed by atoms with van der Waals surface area (Å²) in [5, 5.41) is 2.89. The summed E-state index contributed by atoms with van der Waals surface area (Å²) in [6, 6.07) is 7.80. The summed E-state index contributed by atoms with van der Waals surface area (Å²) in [6.45, 7) is 2.13. The average Bonchev–Trinajstić information content (AvgIpc) is 2.44. The normalized spacial score (nSPS) is 10.3. The van der Waals surface area contributed by atoms with E-state index < -0.39 is 5.82 Å². The van der Waals surface area contributed by atoms with E-state index in [2.05, 4.69) is 27.6 Å². The van der Waals surface area contributed by atoms with Crippen molar-refractivity contribution in [1.82, 2.24) is 9.97 Å². The van der Waals surface area contributed by atoms with E-state index in [0.29, 0.717) is 0 Å². The first kappa shape index (κ1) is 13.2. The lowest BCUT2D eigenvalue weighted by atomic mass is 10.1. The summed E-state index contributed by atoms with van der Waals surface area (Å²) in [6.07, 6.45) is 3.19. The van der Waals surface area contributed by atoms with E-state index in [1.807, 2.05) is 24.3 Å². The standard InChI is InChI=1S/C13H16FN5/c1-2-3-9-4-6-10(7-5-9)17-12-11(14)8-16-13(18-12)19-15/h4-8H,2-3,15H2,1H3,(H2,16,17,18,19). The largest absolute Gasteiger partial charge is 0.338 e. The second-order valence-corrected chi connectivity index (χ2v) is 4.11. The van der Waals surface area contributed by atoms with E-state index in [1.54, 1.807) is 0 Å². The zero-order valence-electron chi connectivity index (χ0n) is 10.7. The number of nitrogens with zero attached hydrogens (tertiary/aromatic N) is 2. The fourth-order valence-corrected chi connectivity index (χ4v) is 1.70. The topological polar surface area (TPSA) is 75.9 Å². The molecule has 0 aliphatic rings. The van der Waals surface area contributed by atoms with Gasteiger partial charge in [-0.05, 0) is 24.1 Å². The highest BCUT2D eigenvalue weighted by atomic mass is 19.1. The first-order valence-corrected chi connectivity index (χ1v) is 6.08. The summed E-state index contributed by atoms with van der Waals surface area (Å²) in [4.78, 5) is 7.59. The van der Waals surface area contributed by atoms with Crippen molar-refractivity contribution in [2.45, 2.75) is 19.8 Å². The number of nitrogens with two attached hydrogens (primary N) is 1.